The second-order valence-electron chi connectivity index (χ2n) is 2.77. The molecule has 0 heterocycles. The SMILES string of the molecule is NC(=O)NC(=O)CNc1ccc(Br)cc1. The zero-order valence-electron chi connectivity index (χ0n) is 7.79. The molecule has 0 aliphatic carbocycles. The second kappa shape index (κ2) is 5.35. The van der Waals surface area contributed by atoms with E-state index in [1.165, 1.54) is 0 Å². The van der Waals surface area contributed by atoms with Crippen molar-refractivity contribution in [3.63, 3.8) is 0 Å². The van der Waals surface area contributed by atoms with Crippen LogP contribution >= 0.6 is 15.9 Å². The Hall–Kier alpha value is -1.56. The molecule has 0 radical (unpaired) electrons. The van der Waals surface area contributed by atoms with Gasteiger partial charge in [0.2, 0.25) is 5.91 Å². The van der Waals surface area contributed by atoms with Crippen molar-refractivity contribution in [2.24, 2.45) is 5.73 Å². The molecule has 0 spiro atoms. The molecule has 80 valence electrons. The minimum atomic E-state index is -0.849. The maximum absolute atomic E-state index is 11.0. The molecule has 0 saturated carbocycles. The molecule has 1 rings (SSSR count). The number of nitrogens with two attached hydrogens (primary N) is 1. The van der Waals surface area contributed by atoms with Crippen LogP contribution in [0.4, 0.5) is 10.5 Å². The quantitative estimate of drug-likeness (QED) is 0.769. The lowest BCUT2D eigenvalue weighted by atomic mass is 10.3. The number of nitrogens with one attached hydrogen (secondary N) is 2. The third-order valence-electron chi connectivity index (χ3n) is 1.56. The Morgan fingerprint density at radius 2 is 1.87 bits per heavy atom. The summed E-state index contributed by atoms with van der Waals surface area (Å²) in [6.45, 7) is 0.00454. The molecule has 0 aliphatic heterocycles. The minimum Gasteiger partial charge on any atom is -0.376 e. The van der Waals surface area contributed by atoms with Gasteiger partial charge in [0, 0.05) is 10.2 Å². The molecule has 0 saturated heterocycles. The van der Waals surface area contributed by atoms with E-state index in [0.717, 1.165) is 10.2 Å². The van der Waals surface area contributed by atoms with Crippen molar-refractivity contribution in [1.82, 2.24) is 5.32 Å². The lowest BCUT2D eigenvalue weighted by molar-refractivity contribution is -0.118. The number of hydrogen-bond donors (Lipinski definition) is 3. The summed E-state index contributed by atoms with van der Waals surface area (Å²) in [7, 11) is 0. The molecule has 1 aromatic rings. The van der Waals surface area contributed by atoms with Gasteiger partial charge in [-0.2, -0.15) is 0 Å². The first-order chi connectivity index (χ1) is 7.08. The van der Waals surface area contributed by atoms with E-state index in [2.05, 4.69) is 21.2 Å². The Morgan fingerprint density at radius 1 is 1.27 bits per heavy atom. The maximum atomic E-state index is 11.0. The average molecular weight is 272 g/mol. The maximum Gasteiger partial charge on any atom is 0.318 e. The van der Waals surface area contributed by atoms with Crippen molar-refractivity contribution in [2.45, 2.75) is 0 Å². The van der Waals surface area contributed by atoms with Gasteiger partial charge in [0.15, 0.2) is 0 Å². The summed E-state index contributed by atoms with van der Waals surface area (Å²) in [5.74, 6) is -0.467. The van der Waals surface area contributed by atoms with Crippen LogP contribution in [0.15, 0.2) is 28.7 Å². The van der Waals surface area contributed by atoms with Crippen LogP contribution in [-0.4, -0.2) is 18.5 Å². The highest BCUT2D eigenvalue weighted by molar-refractivity contribution is 9.10. The van der Waals surface area contributed by atoms with Gasteiger partial charge < -0.3 is 11.1 Å². The zero-order valence-corrected chi connectivity index (χ0v) is 9.37. The Kier molecular flexibility index (Phi) is 4.11. The van der Waals surface area contributed by atoms with Crippen LogP contribution in [-0.2, 0) is 4.79 Å². The highest BCUT2D eigenvalue weighted by Crippen LogP contribution is 2.13. The largest absolute Gasteiger partial charge is 0.376 e. The molecule has 0 unspecified atom stereocenters. The van der Waals surface area contributed by atoms with Crippen LogP contribution in [0.1, 0.15) is 0 Å². The molecule has 0 atom stereocenters. The summed E-state index contributed by atoms with van der Waals surface area (Å²) in [4.78, 5) is 21.3. The van der Waals surface area contributed by atoms with Gasteiger partial charge >= 0.3 is 6.03 Å². The van der Waals surface area contributed by atoms with E-state index in [-0.39, 0.29) is 6.54 Å². The summed E-state index contributed by atoms with van der Waals surface area (Å²) in [6, 6.07) is 6.45. The second-order valence-corrected chi connectivity index (χ2v) is 3.69. The van der Waals surface area contributed by atoms with Crippen LogP contribution in [0, 0.1) is 0 Å². The van der Waals surface area contributed by atoms with Crippen LogP contribution in [0.5, 0.6) is 0 Å². The molecule has 6 heteroatoms. The normalized spacial score (nSPS) is 9.40. The number of carbonyl (C=O) groups excluding carboxylic acids is 2. The fourth-order valence-electron chi connectivity index (χ4n) is 0.932. The standard InChI is InChI=1S/C9H10BrN3O2/c10-6-1-3-7(4-2-6)12-5-8(14)13-9(11)15/h1-4,12H,5H2,(H3,11,13,14,15). The van der Waals surface area contributed by atoms with Gasteiger partial charge in [-0.05, 0) is 24.3 Å². The van der Waals surface area contributed by atoms with Crippen molar-refractivity contribution >= 4 is 33.6 Å². The number of imide groups is 1. The fraction of sp³-hybridized carbons (Fsp3) is 0.111. The lowest BCUT2D eigenvalue weighted by Gasteiger charge is -2.05. The van der Waals surface area contributed by atoms with Crippen molar-refractivity contribution in [3.05, 3.63) is 28.7 Å². The number of benzene rings is 1. The van der Waals surface area contributed by atoms with Gasteiger partial charge in [-0.15, -0.1) is 0 Å². The van der Waals surface area contributed by atoms with Crippen molar-refractivity contribution in [2.75, 3.05) is 11.9 Å². The van der Waals surface area contributed by atoms with Crippen LogP contribution in [0.3, 0.4) is 0 Å². The molecule has 0 aromatic heterocycles. The van der Waals surface area contributed by atoms with E-state index in [4.69, 9.17) is 5.73 Å². The summed E-state index contributed by atoms with van der Waals surface area (Å²) in [5.41, 5.74) is 5.57. The molecular weight excluding hydrogens is 262 g/mol. The van der Waals surface area contributed by atoms with Gasteiger partial charge in [-0.25, -0.2) is 4.79 Å². The van der Waals surface area contributed by atoms with E-state index in [1.807, 2.05) is 29.6 Å². The number of halogens is 1. The highest BCUT2D eigenvalue weighted by atomic mass is 79.9. The number of anilines is 1. The Balaban J connectivity index is 2.40. The van der Waals surface area contributed by atoms with E-state index in [1.54, 1.807) is 0 Å². The summed E-state index contributed by atoms with van der Waals surface area (Å²) >= 11 is 3.29. The molecule has 0 bridgehead atoms. The van der Waals surface area contributed by atoms with E-state index < -0.39 is 11.9 Å². The number of urea groups is 1. The fourth-order valence-corrected chi connectivity index (χ4v) is 1.20. The molecule has 5 nitrogen and oxygen atoms in total. The third-order valence-corrected chi connectivity index (χ3v) is 2.09. The lowest BCUT2D eigenvalue weighted by Crippen LogP contribution is -2.38. The summed E-state index contributed by atoms with van der Waals surface area (Å²) in [5, 5.41) is 4.79. The van der Waals surface area contributed by atoms with Crippen LogP contribution in [0.2, 0.25) is 0 Å². The Morgan fingerprint density at radius 3 is 2.40 bits per heavy atom. The predicted octanol–water partition coefficient (Wildman–Crippen LogP) is 1.06. The first-order valence-corrected chi connectivity index (χ1v) is 4.96. The van der Waals surface area contributed by atoms with E-state index in [0.29, 0.717) is 0 Å². The van der Waals surface area contributed by atoms with Crippen LogP contribution < -0.4 is 16.4 Å². The highest BCUT2D eigenvalue weighted by Gasteiger charge is 2.02. The van der Waals surface area contributed by atoms with Gasteiger partial charge in [0.25, 0.3) is 0 Å². The molecule has 15 heavy (non-hydrogen) atoms. The van der Waals surface area contributed by atoms with Gasteiger partial charge in [-0.1, -0.05) is 15.9 Å². The first kappa shape index (κ1) is 11.5. The Labute approximate surface area is 95.2 Å². The number of amides is 3. The average Bonchev–Trinajstić information content (AvgIpc) is 2.16. The van der Waals surface area contributed by atoms with Gasteiger partial charge in [0.1, 0.15) is 0 Å². The number of rotatable bonds is 3. The molecule has 0 aliphatic rings. The minimum absolute atomic E-state index is 0.00454. The summed E-state index contributed by atoms with van der Waals surface area (Å²) < 4.78 is 0.953. The molecule has 4 N–H and O–H groups in total. The molecule has 1 aromatic carbocycles. The molecule has 0 fully saturated rings. The van der Waals surface area contributed by atoms with Crippen molar-refractivity contribution < 1.29 is 9.59 Å². The van der Waals surface area contributed by atoms with Gasteiger partial charge in [0.05, 0.1) is 6.54 Å². The molecular formula is C9H10BrN3O2. The Bertz CT molecular complexity index is 364. The van der Waals surface area contributed by atoms with E-state index in [9.17, 15) is 9.59 Å². The third kappa shape index (κ3) is 4.46. The van der Waals surface area contributed by atoms with Crippen molar-refractivity contribution in [3.8, 4) is 0 Å². The van der Waals surface area contributed by atoms with E-state index >= 15 is 0 Å². The predicted molar refractivity (Wildman–Crippen MR) is 60.4 cm³/mol. The first-order valence-electron chi connectivity index (χ1n) is 4.16. The number of primary amides is 1. The summed E-state index contributed by atoms with van der Waals surface area (Å²) in [6.07, 6.45) is 0. The zero-order chi connectivity index (χ0) is 11.3. The topological polar surface area (TPSA) is 84.2 Å². The van der Waals surface area contributed by atoms with Gasteiger partial charge in [-0.3, -0.25) is 10.1 Å². The monoisotopic (exact) mass is 271 g/mol. The molecule has 3 amide bonds. The number of hydrogen-bond acceptors (Lipinski definition) is 3. The number of carbonyl (C=O) groups is 2. The van der Waals surface area contributed by atoms with Crippen LogP contribution in [0.25, 0.3) is 0 Å². The smallest absolute Gasteiger partial charge is 0.318 e. The van der Waals surface area contributed by atoms with Crippen molar-refractivity contribution in [1.29, 1.82) is 0 Å².